The average molecular weight is 206 g/mol. The van der Waals surface area contributed by atoms with Crippen molar-refractivity contribution in [2.75, 3.05) is 5.32 Å². The summed E-state index contributed by atoms with van der Waals surface area (Å²) in [5.41, 5.74) is 7.91. The molecule has 3 heteroatoms. The second kappa shape index (κ2) is 3.24. The van der Waals surface area contributed by atoms with Crippen molar-refractivity contribution in [3.05, 3.63) is 29.8 Å². The van der Waals surface area contributed by atoms with Crippen LogP contribution in [0.2, 0.25) is 0 Å². The lowest BCUT2D eigenvalue weighted by atomic mass is 10.1. The molecular formula is C11H14N2S. The highest BCUT2D eigenvalue weighted by Crippen LogP contribution is 2.38. The Labute approximate surface area is 89.5 Å². The summed E-state index contributed by atoms with van der Waals surface area (Å²) in [6.07, 6.45) is 2.44. The smallest absolute Gasteiger partial charge is 0.106 e. The molecule has 0 radical (unpaired) electrons. The van der Waals surface area contributed by atoms with Gasteiger partial charge < -0.3 is 11.1 Å². The van der Waals surface area contributed by atoms with E-state index in [1.54, 1.807) is 0 Å². The number of nitrogens with one attached hydrogen (secondary N) is 1. The van der Waals surface area contributed by atoms with E-state index in [0.29, 0.717) is 4.99 Å². The highest BCUT2D eigenvalue weighted by atomic mass is 32.1. The van der Waals surface area contributed by atoms with Crippen molar-refractivity contribution in [1.82, 2.24) is 0 Å². The Hall–Kier alpha value is -1.09. The molecule has 1 aliphatic rings. The molecule has 14 heavy (non-hydrogen) atoms. The van der Waals surface area contributed by atoms with E-state index < -0.39 is 0 Å². The van der Waals surface area contributed by atoms with Gasteiger partial charge in [0.25, 0.3) is 0 Å². The number of thiocarbonyl (C=S) groups is 1. The molecule has 0 atom stereocenters. The first-order valence-corrected chi connectivity index (χ1v) is 5.19. The standard InChI is InChI=1S/C11H14N2S/c1-11(6-7-11)13-9-5-3-2-4-8(9)10(12)14/h2-5,13H,6-7H2,1H3,(H2,12,14). The van der Waals surface area contributed by atoms with Gasteiger partial charge in [-0.15, -0.1) is 0 Å². The Balaban J connectivity index is 2.27. The van der Waals surface area contributed by atoms with Crippen molar-refractivity contribution >= 4 is 22.9 Å². The molecule has 1 aromatic carbocycles. The molecule has 0 heterocycles. The summed E-state index contributed by atoms with van der Waals surface area (Å²) >= 11 is 5.00. The molecule has 1 fully saturated rings. The second-order valence-corrected chi connectivity index (χ2v) is 4.54. The first-order valence-electron chi connectivity index (χ1n) is 4.78. The summed E-state index contributed by atoms with van der Waals surface area (Å²) in [5.74, 6) is 0. The maximum absolute atomic E-state index is 5.65. The van der Waals surface area contributed by atoms with Gasteiger partial charge in [0.05, 0.1) is 0 Å². The zero-order chi connectivity index (χ0) is 10.2. The van der Waals surface area contributed by atoms with Crippen molar-refractivity contribution in [2.45, 2.75) is 25.3 Å². The predicted octanol–water partition coefficient (Wildman–Crippen LogP) is 2.29. The highest BCUT2D eigenvalue weighted by Gasteiger charge is 2.37. The van der Waals surface area contributed by atoms with Crippen LogP contribution in [0.3, 0.4) is 0 Å². The van der Waals surface area contributed by atoms with Crippen molar-refractivity contribution in [2.24, 2.45) is 5.73 Å². The van der Waals surface area contributed by atoms with E-state index in [0.717, 1.165) is 11.3 Å². The molecule has 0 bridgehead atoms. The molecule has 1 aromatic rings. The maximum atomic E-state index is 5.65. The topological polar surface area (TPSA) is 38.0 Å². The van der Waals surface area contributed by atoms with Gasteiger partial charge in [-0.1, -0.05) is 24.4 Å². The van der Waals surface area contributed by atoms with Crippen molar-refractivity contribution in [3.8, 4) is 0 Å². The van der Waals surface area contributed by atoms with Crippen LogP contribution >= 0.6 is 12.2 Å². The van der Waals surface area contributed by atoms with Gasteiger partial charge in [-0.3, -0.25) is 0 Å². The van der Waals surface area contributed by atoms with E-state index in [-0.39, 0.29) is 5.54 Å². The zero-order valence-electron chi connectivity index (χ0n) is 8.21. The monoisotopic (exact) mass is 206 g/mol. The Morgan fingerprint density at radius 1 is 1.43 bits per heavy atom. The Morgan fingerprint density at radius 2 is 2.07 bits per heavy atom. The van der Waals surface area contributed by atoms with Gasteiger partial charge in [0.15, 0.2) is 0 Å². The number of anilines is 1. The van der Waals surface area contributed by atoms with Crippen LogP contribution in [0.5, 0.6) is 0 Å². The third-order valence-corrected chi connectivity index (χ3v) is 2.85. The van der Waals surface area contributed by atoms with E-state index in [9.17, 15) is 0 Å². The quantitative estimate of drug-likeness (QED) is 0.745. The van der Waals surface area contributed by atoms with E-state index in [1.807, 2.05) is 24.3 Å². The van der Waals surface area contributed by atoms with Crippen LogP contribution in [0.4, 0.5) is 5.69 Å². The molecule has 74 valence electrons. The van der Waals surface area contributed by atoms with Gasteiger partial charge in [-0.05, 0) is 31.9 Å². The second-order valence-electron chi connectivity index (χ2n) is 4.10. The van der Waals surface area contributed by atoms with Crippen LogP contribution in [0.1, 0.15) is 25.3 Å². The van der Waals surface area contributed by atoms with Crippen LogP contribution in [0.25, 0.3) is 0 Å². The fraction of sp³-hybridized carbons (Fsp3) is 0.364. The number of hydrogen-bond donors (Lipinski definition) is 2. The summed E-state index contributed by atoms with van der Waals surface area (Å²) < 4.78 is 0. The SMILES string of the molecule is CC1(Nc2ccccc2C(N)=S)CC1. The van der Waals surface area contributed by atoms with Gasteiger partial charge >= 0.3 is 0 Å². The lowest BCUT2D eigenvalue weighted by Crippen LogP contribution is -2.20. The highest BCUT2D eigenvalue weighted by molar-refractivity contribution is 7.80. The first kappa shape index (κ1) is 9.46. The van der Waals surface area contributed by atoms with Gasteiger partial charge in [-0.25, -0.2) is 0 Å². The summed E-state index contributed by atoms with van der Waals surface area (Å²) in [6.45, 7) is 2.21. The molecule has 0 spiro atoms. The van der Waals surface area contributed by atoms with Crippen LogP contribution in [0, 0.1) is 0 Å². The number of hydrogen-bond acceptors (Lipinski definition) is 2. The lowest BCUT2D eigenvalue weighted by Gasteiger charge is -2.16. The van der Waals surface area contributed by atoms with E-state index >= 15 is 0 Å². The molecular weight excluding hydrogens is 192 g/mol. The average Bonchev–Trinajstić information content (AvgIpc) is 2.84. The molecule has 1 saturated carbocycles. The maximum Gasteiger partial charge on any atom is 0.106 e. The molecule has 0 unspecified atom stereocenters. The summed E-state index contributed by atoms with van der Waals surface area (Å²) in [6, 6.07) is 7.93. The molecule has 2 nitrogen and oxygen atoms in total. The van der Waals surface area contributed by atoms with E-state index in [2.05, 4.69) is 12.2 Å². The number of rotatable bonds is 3. The van der Waals surface area contributed by atoms with Crippen molar-refractivity contribution in [1.29, 1.82) is 0 Å². The van der Waals surface area contributed by atoms with E-state index in [1.165, 1.54) is 12.8 Å². The van der Waals surface area contributed by atoms with Crippen LogP contribution < -0.4 is 11.1 Å². The van der Waals surface area contributed by atoms with Crippen LogP contribution in [-0.4, -0.2) is 10.5 Å². The minimum atomic E-state index is 0.265. The zero-order valence-corrected chi connectivity index (χ0v) is 9.03. The minimum Gasteiger partial charge on any atom is -0.389 e. The lowest BCUT2D eigenvalue weighted by molar-refractivity contribution is 0.829. The number of nitrogens with two attached hydrogens (primary N) is 1. The van der Waals surface area contributed by atoms with Gasteiger partial charge in [0.2, 0.25) is 0 Å². The third-order valence-electron chi connectivity index (χ3n) is 2.63. The minimum absolute atomic E-state index is 0.265. The Kier molecular flexibility index (Phi) is 2.19. The summed E-state index contributed by atoms with van der Waals surface area (Å²) in [4.78, 5) is 0.456. The Bertz CT molecular complexity index is 369. The van der Waals surface area contributed by atoms with Gasteiger partial charge in [0, 0.05) is 16.8 Å². The van der Waals surface area contributed by atoms with Gasteiger partial charge in [0.1, 0.15) is 4.99 Å². The third kappa shape index (κ3) is 1.87. The molecule has 0 saturated heterocycles. The van der Waals surface area contributed by atoms with Gasteiger partial charge in [-0.2, -0.15) is 0 Å². The molecule has 1 aliphatic carbocycles. The summed E-state index contributed by atoms with van der Waals surface area (Å²) in [5, 5.41) is 3.47. The van der Waals surface area contributed by atoms with Crippen LogP contribution in [-0.2, 0) is 0 Å². The summed E-state index contributed by atoms with van der Waals surface area (Å²) in [7, 11) is 0. The Morgan fingerprint density at radius 3 is 2.64 bits per heavy atom. The predicted molar refractivity (Wildman–Crippen MR) is 63.6 cm³/mol. The molecule has 3 N–H and O–H groups in total. The fourth-order valence-corrected chi connectivity index (χ4v) is 1.62. The van der Waals surface area contributed by atoms with Crippen molar-refractivity contribution < 1.29 is 0 Å². The van der Waals surface area contributed by atoms with Crippen molar-refractivity contribution in [3.63, 3.8) is 0 Å². The van der Waals surface area contributed by atoms with E-state index in [4.69, 9.17) is 18.0 Å². The molecule has 0 aliphatic heterocycles. The fourth-order valence-electron chi connectivity index (χ4n) is 1.44. The molecule has 0 amide bonds. The first-order chi connectivity index (χ1) is 6.61. The molecule has 2 rings (SSSR count). The number of para-hydroxylation sites is 1. The van der Waals surface area contributed by atoms with Crippen LogP contribution in [0.15, 0.2) is 24.3 Å². The molecule has 0 aromatic heterocycles. The number of benzene rings is 1. The normalized spacial score (nSPS) is 17.5. The largest absolute Gasteiger partial charge is 0.389 e.